The number of H-pyrrole nitrogens is 1. The van der Waals surface area contributed by atoms with Gasteiger partial charge in [0, 0.05) is 53.3 Å². The molecule has 2 bridgehead atoms. The number of hydrogen-bond acceptors (Lipinski definition) is 8. The lowest BCUT2D eigenvalue weighted by Crippen LogP contribution is -2.70. The van der Waals surface area contributed by atoms with Gasteiger partial charge in [-0.1, -0.05) is 0 Å². The third kappa shape index (κ3) is 4.05. The lowest BCUT2D eigenvalue weighted by atomic mass is 9.40. The van der Waals surface area contributed by atoms with Crippen LogP contribution in [0.25, 0.3) is 39.2 Å². The van der Waals surface area contributed by atoms with Crippen LogP contribution in [0.5, 0.6) is 0 Å². The lowest BCUT2D eigenvalue weighted by Gasteiger charge is -2.68. The van der Waals surface area contributed by atoms with E-state index in [-0.39, 0.29) is 11.5 Å². The smallest absolute Gasteiger partial charge is 0.356 e. The Bertz CT molecular complexity index is 1980. The molecule has 3 aliphatic rings. The normalized spacial score (nSPS) is 22.1. The molecule has 11 nitrogen and oxygen atoms in total. The van der Waals surface area contributed by atoms with Crippen LogP contribution in [-0.4, -0.2) is 51.0 Å². The Morgan fingerprint density at radius 2 is 2.00 bits per heavy atom. The molecular formula is C29H26FN9O2. The van der Waals surface area contributed by atoms with Gasteiger partial charge in [-0.25, -0.2) is 23.8 Å². The molecule has 1 unspecified atom stereocenters. The molecule has 206 valence electrons. The summed E-state index contributed by atoms with van der Waals surface area (Å²) >= 11 is 0. The van der Waals surface area contributed by atoms with Crippen LogP contribution in [0, 0.1) is 5.41 Å². The highest BCUT2D eigenvalue weighted by atomic mass is 19.1. The molecule has 3 fully saturated rings. The zero-order chi connectivity index (χ0) is 27.8. The minimum atomic E-state index is -0.874. The van der Waals surface area contributed by atoms with Crippen molar-refractivity contribution in [2.45, 2.75) is 51.0 Å². The number of halogens is 1. The number of nitrogens with one attached hydrogen (secondary N) is 2. The third-order valence-electron chi connectivity index (χ3n) is 8.59. The number of aromatic amines is 1. The molecule has 0 aromatic carbocycles. The van der Waals surface area contributed by atoms with Crippen LogP contribution in [0.4, 0.5) is 4.39 Å². The first-order valence-electron chi connectivity index (χ1n) is 13.6. The van der Waals surface area contributed by atoms with E-state index in [9.17, 15) is 9.18 Å². The van der Waals surface area contributed by atoms with Crippen molar-refractivity contribution in [3.8, 4) is 17.1 Å². The quantitative estimate of drug-likeness (QED) is 0.291. The second-order valence-electron chi connectivity index (χ2n) is 11.5. The zero-order valence-electron chi connectivity index (χ0n) is 22.2. The number of hydrogen-bond donors (Lipinski definition) is 2. The molecule has 6 aromatic heterocycles. The van der Waals surface area contributed by atoms with Gasteiger partial charge < -0.3 is 14.7 Å². The number of fused-ring (bicyclic) bond motifs is 2. The van der Waals surface area contributed by atoms with Crippen molar-refractivity contribution in [2.75, 3.05) is 0 Å². The first-order chi connectivity index (χ1) is 19.8. The van der Waals surface area contributed by atoms with E-state index in [1.165, 1.54) is 0 Å². The first kappa shape index (κ1) is 24.1. The summed E-state index contributed by atoms with van der Waals surface area (Å²) < 4.78 is 22.7. The molecule has 0 spiro atoms. The van der Waals surface area contributed by atoms with E-state index in [2.05, 4.69) is 48.3 Å². The van der Waals surface area contributed by atoms with E-state index < -0.39 is 11.3 Å². The molecule has 2 N–H and O–H groups in total. The summed E-state index contributed by atoms with van der Waals surface area (Å²) in [5.74, 6) is 0.515. The maximum atomic E-state index is 13.9. The Labute approximate surface area is 232 Å². The Kier molecular flexibility index (Phi) is 5.08. The van der Waals surface area contributed by atoms with Crippen LogP contribution < -0.4 is 10.9 Å². The van der Waals surface area contributed by atoms with E-state index in [0.29, 0.717) is 60.7 Å². The maximum absolute atomic E-state index is 13.9. The van der Waals surface area contributed by atoms with Gasteiger partial charge in [0.25, 0.3) is 0 Å². The molecule has 9 rings (SSSR count). The molecular weight excluding hydrogens is 525 g/mol. The van der Waals surface area contributed by atoms with Crippen molar-refractivity contribution >= 4 is 22.1 Å². The number of rotatable bonds is 8. The molecule has 3 aliphatic carbocycles. The van der Waals surface area contributed by atoms with Crippen LogP contribution in [0.1, 0.15) is 37.6 Å². The lowest BCUT2D eigenvalue weighted by molar-refractivity contribution is -0.226. The number of alkyl halides is 1. The summed E-state index contributed by atoms with van der Waals surface area (Å²) in [5.41, 5.74) is 4.01. The van der Waals surface area contributed by atoms with E-state index in [1.54, 1.807) is 40.2 Å². The van der Waals surface area contributed by atoms with Crippen molar-refractivity contribution in [1.82, 2.24) is 44.6 Å². The summed E-state index contributed by atoms with van der Waals surface area (Å²) in [7, 11) is 0. The van der Waals surface area contributed by atoms with E-state index in [1.807, 2.05) is 18.3 Å². The van der Waals surface area contributed by atoms with Gasteiger partial charge in [-0.05, 0) is 55.9 Å². The fraction of sp³-hybridized carbons (Fsp3) is 0.310. The summed E-state index contributed by atoms with van der Waals surface area (Å²) in [6.45, 7) is 3.32. The average Bonchev–Trinajstić information content (AvgIpc) is 3.67. The van der Waals surface area contributed by atoms with E-state index >= 15 is 0 Å². The van der Waals surface area contributed by atoms with Crippen molar-refractivity contribution < 1.29 is 8.81 Å². The molecule has 12 heteroatoms. The fourth-order valence-electron chi connectivity index (χ4n) is 6.39. The average molecular weight is 552 g/mol. The highest BCUT2D eigenvalue weighted by Crippen LogP contribution is 2.70. The SMILES string of the molecule is CC(NCc1cc2cnc(Cn3cnc(-c4cncc(-n5ccc6ncc(=O)oc65)c4)n3)cc2[nH]1)C12CC(F)(C1)C2. The van der Waals surface area contributed by atoms with Crippen LogP contribution >= 0.6 is 0 Å². The summed E-state index contributed by atoms with van der Waals surface area (Å²) in [5, 5.41) is 9.26. The summed E-state index contributed by atoms with van der Waals surface area (Å²) in [6.07, 6.45) is 11.9. The van der Waals surface area contributed by atoms with Crippen molar-refractivity contribution in [3.05, 3.63) is 83.4 Å². The topological polar surface area (TPSA) is 132 Å². The summed E-state index contributed by atoms with van der Waals surface area (Å²) in [6, 6.07) is 8.07. The Morgan fingerprint density at radius 3 is 2.85 bits per heavy atom. The molecule has 0 amide bonds. The van der Waals surface area contributed by atoms with Crippen molar-refractivity contribution in [3.63, 3.8) is 0 Å². The standard InChI is InChI=1S/C29H26FN9O2/c1-17(28-13-29(30,14-28)15-28)32-9-20-4-18-8-33-21(6-24(18)36-20)12-38-16-35-26(37-38)19-5-22(10-31-7-19)39-3-2-23-27(39)41-25(40)11-34-23/h2-8,10-11,16-17,32,36H,9,12-15H2,1H3. The second kappa shape index (κ2) is 8.64. The van der Waals surface area contributed by atoms with Crippen molar-refractivity contribution in [2.24, 2.45) is 5.41 Å². The monoisotopic (exact) mass is 551 g/mol. The molecule has 6 aromatic rings. The molecule has 6 heterocycles. The molecule has 41 heavy (non-hydrogen) atoms. The van der Waals surface area contributed by atoms with Crippen LogP contribution in [0.3, 0.4) is 0 Å². The predicted molar refractivity (Wildman–Crippen MR) is 148 cm³/mol. The van der Waals surface area contributed by atoms with Gasteiger partial charge in [0.15, 0.2) is 5.82 Å². The Morgan fingerprint density at radius 1 is 1.12 bits per heavy atom. The fourth-order valence-corrected chi connectivity index (χ4v) is 6.39. The van der Waals surface area contributed by atoms with Gasteiger partial charge in [0.05, 0.1) is 24.1 Å². The van der Waals surface area contributed by atoms with Gasteiger partial charge in [0.2, 0.25) is 5.71 Å². The predicted octanol–water partition coefficient (Wildman–Crippen LogP) is 3.93. The second-order valence-corrected chi connectivity index (χ2v) is 11.5. The number of aromatic nitrogens is 8. The minimum absolute atomic E-state index is 0.148. The van der Waals surface area contributed by atoms with Gasteiger partial charge in [0.1, 0.15) is 23.7 Å². The van der Waals surface area contributed by atoms with Gasteiger partial charge >= 0.3 is 5.63 Å². The molecule has 3 saturated carbocycles. The van der Waals surface area contributed by atoms with Crippen LogP contribution in [0.2, 0.25) is 0 Å². The van der Waals surface area contributed by atoms with E-state index in [4.69, 9.17) is 4.42 Å². The van der Waals surface area contributed by atoms with Gasteiger partial charge in [-0.3, -0.25) is 14.5 Å². The largest absolute Gasteiger partial charge is 0.402 e. The Hall–Kier alpha value is -4.71. The summed E-state index contributed by atoms with van der Waals surface area (Å²) in [4.78, 5) is 32.7. The number of nitrogens with zero attached hydrogens (tertiary/aromatic N) is 7. The maximum Gasteiger partial charge on any atom is 0.356 e. The minimum Gasteiger partial charge on any atom is -0.402 e. The first-order valence-corrected chi connectivity index (χ1v) is 13.6. The van der Waals surface area contributed by atoms with Crippen LogP contribution in [-0.2, 0) is 13.1 Å². The molecule has 0 radical (unpaired) electrons. The highest BCUT2D eigenvalue weighted by Gasteiger charge is 2.70. The van der Waals surface area contributed by atoms with Crippen LogP contribution in [0.15, 0.2) is 70.8 Å². The highest BCUT2D eigenvalue weighted by molar-refractivity contribution is 5.79. The molecule has 1 atom stereocenters. The Balaban J connectivity index is 0.971. The van der Waals surface area contributed by atoms with Crippen molar-refractivity contribution in [1.29, 1.82) is 0 Å². The van der Waals surface area contributed by atoms with Gasteiger partial charge in [-0.15, -0.1) is 0 Å². The third-order valence-corrected chi connectivity index (χ3v) is 8.59. The zero-order valence-corrected chi connectivity index (χ0v) is 22.2. The van der Waals surface area contributed by atoms with Gasteiger partial charge in [-0.2, -0.15) is 5.10 Å². The van der Waals surface area contributed by atoms with E-state index in [0.717, 1.165) is 28.5 Å². The number of pyridine rings is 2. The molecule has 0 aliphatic heterocycles. The molecule has 0 saturated heterocycles.